The second kappa shape index (κ2) is 9.02. The van der Waals surface area contributed by atoms with Gasteiger partial charge in [0.2, 0.25) is 0 Å². The van der Waals surface area contributed by atoms with Crippen LogP contribution >= 0.6 is 11.6 Å². The molecule has 0 bridgehead atoms. The number of nitrogens with zero attached hydrogens (tertiary/aromatic N) is 1. The number of amides is 1. The van der Waals surface area contributed by atoms with Gasteiger partial charge in [0.05, 0.1) is 12.7 Å². The van der Waals surface area contributed by atoms with E-state index in [1.165, 1.54) is 0 Å². The topological polar surface area (TPSA) is 55.8 Å². The average Bonchev–Trinajstić information content (AvgIpc) is 2.72. The summed E-state index contributed by atoms with van der Waals surface area (Å²) in [5.74, 6) is 0.405. The first-order valence-electron chi connectivity index (χ1n) is 8.99. The molecular weight excluding hydrogens is 366 g/mol. The minimum atomic E-state index is -0.0896. The summed E-state index contributed by atoms with van der Waals surface area (Å²) in [5, 5.41) is 0.588. The van der Waals surface area contributed by atoms with Crippen molar-refractivity contribution in [3.8, 4) is 5.75 Å². The number of ketones is 1. The van der Waals surface area contributed by atoms with E-state index in [1.54, 1.807) is 53.4 Å². The third kappa shape index (κ3) is 5.08. The Morgan fingerprint density at radius 3 is 2.37 bits per heavy atom. The highest BCUT2D eigenvalue weighted by Crippen LogP contribution is 2.17. The van der Waals surface area contributed by atoms with Crippen LogP contribution in [0.3, 0.4) is 0 Å². The van der Waals surface area contributed by atoms with Crippen LogP contribution in [-0.4, -0.2) is 49.0 Å². The van der Waals surface area contributed by atoms with Crippen molar-refractivity contribution in [2.45, 2.75) is 19.4 Å². The summed E-state index contributed by atoms with van der Waals surface area (Å²) in [6.45, 7) is 3.77. The fourth-order valence-electron chi connectivity index (χ4n) is 2.90. The lowest BCUT2D eigenvalue weighted by atomic mass is 10.0. The van der Waals surface area contributed by atoms with Crippen molar-refractivity contribution in [1.82, 2.24) is 4.90 Å². The molecule has 142 valence electrons. The average molecular weight is 388 g/mol. The molecule has 3 rings (SSSR count). The maximum atomic E-state index is 12.4. The van der Waals surface area contributed by atoms with Crippen LogP contribution in [0.15, 0.2) is 48.5 Å². The van der Waals surface area contributed by atoms with Gasteiger partial charge in [-0.2, -0.15) is 0 Å². The van der Waals surface area contributed by atoms with E-state index >= 15 is 0 Å². The van der Waals surface area contributed by atoms with Crippen molar-refractivity contribution < 1.29 is 19.1 Å². The van der Waals surface area contributed by atoms with Crippen LogP contribution in [0.25, 0.3) is 0 Å². The van der Waals surface area contributed by atoms with Crippen molar-refractivity contribution in [3.05, 3.63) is 64.7 Å². The largest absolute Gasteiger partial charge is 0.484 e. The van der Waals surface area contributed by atoms with E-state index < -0.39 is 0 Å². The molecule has 1 aliphatic heterocycles. The van der Waals surface area contributed by atoms with E-state index in [0.29, 0.717) is 41.6 Å². The van der Waals surface area contributed by atoms with Crippen molar-refractivity contribution in [2.75, 3.05) is 26.3 Å². The molecule has 1 fully saturated rings. The molecule has 1 amide bonds. The first-order valence-corrected chi connectivity index (χ1v) is 9.37. The van der Waals surface area contributed by atoms with Crippen LogP contribution < -0.4 is 4.74 Å². The molecule has 5 nitrogen and oxygen atoms in total. The molecule has 27 heavy (non-hydrogen) atoms. The summed E-state index contributed by atoms with van der Waals surface area (Å²) in [5.41, 5.74) is 1.12. The van der Waals surface area contributed by atoms with E-state index in [0.717, 1.165) is 6.42 Å². The van der Waals surface area contributed by atoms with Gasteiger partial charge in [-0.25, -0.2) is 0 Å². The molecule has 6 heteroatoms. The van der Waals surface area contributed by atoms with Crippen molar-refractivity contribution >= 4 is 23.3 Å². The van der Waals surface area contributed by atoms with Crippen molar-refractivity contribution in [1.29, 1.82) is 0 Å². The van der Waals surface area contributed by atoms with Gasteiger partial charge in [0, 0.05) is 29.2 Å². The minimum Gasteiger partial charge on any atom is -0.484 e. The Bertz CT molecular complexity index is 789. The molecule has 0 N–H and O–H groups in total. The van der Waals surface area contributed by atoms with Crippen LogP contribution in [0.2, 0.25) is 5.02 Å². The standard InChI is InChI=1S/C21H22ClNO4/c1-2-18-13-23(11-12-26-18)20(24)14-27-19-9-5-16(6-10-19)21(25)15-3-7-17(22)8-4-15/h3-10,18H,2,11-14H2,1H3. The highest BCUT2D eigenvalue weighted by atomic mass is 35.5. The number of carbonyl (C=O) groups is 2. The summed E-state index contributed by atoms with van der Waals surface area (Å²) < 4.78 is 11.2. The number of carbonyl (C=O) groups excluding carboxylic acids is 2. The predicted molar refractivity (Wildman–Crippen MR) is 103 cm³/mol. The fourth-order valence-corrected chi connectivity index (χ4v) is 3.03. The Labute approximate surface area is 163 Å². The van der Waals surface area contributed by atoms with Gasteiger partial charge in [-0.15, -0.1) is 0 Å². The number of hydrogen-bond donors (Lipinski definition) is 0. The zero-order chi connectivity index (χ0) is 19.2. The van der Waals surface area contributed by atoms with Gasteiger partial charge in [-0.05, 0) is 55.0 Å². The zero-order valence-corrected chi connectivity index (χ0v) is 15.9. The van der Waals surface area contributed by atoms with Gasteiger partial charge >= 0.3 is 0 Å². The van der Waals surface area contributed by atoms with E-state index in [-0.39, 0.29) is 24.4 Å². The number of halogens is 1. The van der Waals surface area contributed by atoms with Crippen molar-refractivity contribution in [2.24, 2.45) is 0 Å². The molecule has 2 aromatic rings. The van der Waals surface area contributed by atoms with Gasteiger partial charge in [0.15, 0.2) is 12.4 Å². The van der Waals surface area contributed by atoms with Gasteiger partial charge in [0.1, 0.15) is 5.75 Å². The first kappa shape index (κ1) is 19.4. The molecule has 0 spiro atoms. The molecule has 0 aromatic heterocycles. The normalized spacial score (nSPS) is 16.8. The number of hydrogen-bond acceptors (Lipinski definition) is 4. The number of rotatable bonds is 6. The highest BCUT2D eigenvalue weighted by Gasteiger charge is 2.23. The van der Waals surface area contributed by atoms with E-state index in [1.807, 2.05) is 6.92 Å². The molecule has 1 atom stereocenters. The van der Waals surface area contributed by atoms with Crippen LogP contribution in [0, 0.1) is 0 Å². The summed E-state index contributed by atoms with van der Waals surface area (Å²) >= 11 is 5.85. The molecule has 1 saturated heterocycles. The number of morpholine rings is 1. The molecule has 0 aliphatic carbocycles. The van der Waals surface area contributed by atoms with Crippen LogP contribution in [0.4, 0.5) is 0 Å². The lowest BCUT2D eigenvalue weighted by Gasteiger charge is -2.32. The second-order valence-electron chi connectivity index (χ2n) is 6.39. The molecule has 0 radical (unpaired) electrons. The Morgan fingerprint density at radius 2 is 1.74 bits per heavy atom. The van der Waals surface area contributed by atoms with Crippen LogP contribution in [0.1, 0.15) is 29.3 Å². The van der Waals surface area contributed by atoms with Crippen LogP contribution in [-0.2, 0) is 9.53 Å². The zero-order valence-electron chi connectivity index (χ0n) is 15.2. The van der Waals surface area contributed by atoms with E-state index in [4.69, 9.17) is 21.1 Å². The SMILES string of the molecule is CCC1CN(C(=O)COc2ccc(C(=O)c3ccc(Cl)cc3)cc2)CCO1. The monoisotopic (exact) mass is 387 g/mol. The molecule has 1 unspecified atom stereocenters. The molecule has 1 heterocycles. The molecule has 2 aromatic carbocycles. The Morgan fingerprint density at radius 1 is 1.11 bits per heavy atom. The Balaban J connectivity index is 1.55. The maximum absolute atomic E-state index is 12.4. The predicted octanol–water partition coefficient (Wildman–Crippen LogP) is 3.59. The minimum absolute atomic E-state index is 0.0269. The van der Waals surface area contributed by atoms with Crippen molar-refractivity contribution in [3.63, 3.8) is 0 Å². The van der Waals surface area contributed by atoms with Gasteiger partial charge < -0.3 is 14.4 Å². The highest BCUT2D eigenvalue weighted by molar-refractivity contribution is 6.30. The lowest BCUT2D eigenvalue weighted by molar-refractivity contribution is -0.141. The summed E-state index contributed by atoms with van der Waals surface area (Å²) in [4.78, 5) is 26.5. The van der Waals surface area contributed by atoms with Gasteiger partial charge in [-0.3, -0.25) is 9.59 Å². The quantitative estimate of drug-likeness (QED) is 0.711. The molecular formula is C21H22ClNO4. The Kier molecular flexibility index (Phi) is 6.48. The van der Waals surface area contributed by atoms with Gasteiger partial charge in [0.25, 0.3) is 5.91 Å². The molecule has 1 aliphatic rings. The van der Waals surface area contributed by atoms with E-state index in [9.17, 15) is 9.59 Å². The summed E-state index contributed by atoms with van der Waals surface area (Å²) in [6, 6.07) is 13.5. The second-order valence-corrected chi connectivity index (χ2v) is 6.83. The third-order valence-corrected chi connectivity index (χ3v) is 4.78. The molecule has 0 saturated carbocycles. The third-order valence-electron chi connectivity index (χ3n) is 4.53. The maximum Gasteiger partial charge on any atom is 0.260 e. The van der Waals surface area contributed by atoms with Gasteiger partial charge in [-0.1, -0.05) is 18.5 Å². The summed E-state index contributed by atoms with van der Waals surface area (Å²) in [7, 11) is 0. The van der Waals surface area contributed by atoms with Crippen LogP contribution in [0.5, 0.6) is 5.75 Å². The van der Waals surface area contributed by atoms with E-state index in [2.05, 4.69) is 0 Å². The Hall–Kier alpha value is -2.37. The fraction of sp³-hybridized carbons (Fsp3) is 0.333. The smallest absolute Gasteiger partial charge is 0.260 e. The summed E-state index contributed by atoms with van der Waals surface area (Å²) in [6.07, 6.45) is 0.981. The first-order chi connectivity index (χ1) is 13.1. The number of ether oxygens (including phenoxy) is 2. The lowest BCUT2D eigenvalue weighted by Crippen LogP contribution is -2.47. The number of benzene rings is 2.